The van der Waals surface area contributed by atoms with E-state index in [1.807, 2.05) is 26.0 Å². The number of nitrogens with one attached hydrogen (secondary N) is 2. The minimum Gasteiger partial charge on any atom is -0.371 e. The number of amides is 5. The van der Waals surface area contributed by atoms with Crippen molar-refractivity contribution in [1.29, 1.82) is 0 Å². The molecule has 2 heterocycles. The lowest BCUT2D eigenvalue weighted by Gasteiger charge is -2.32. The molecule has 1 aromatic carbocycles. The molecule has 1 aromatic rings. The third-order valence-corrected chi connectivity index (χ3v) is 6.17. The summed E-state index contributed by atoms with van der Waals surface area (Å²) < 4.78 is 0. The van der Waals surface area contributed by atoms with Gasteiger partial charge in [0.1, 0.15) is 12.1 Å². The molecule has 0 bridgehead atoms. The summed E-state index contributed by atoms with van der Waals surface area (Å²) in [5.41, 5.74) is 6.04. The highest BCUT2D eigenvalue weighted by molar-refractivity contribution is 6.10. The van der Waals surface area contributed by atoms with E-state index in [2.05, 4.69) is 15.5 Å². The molecule has 0 unspecified atom stereocenters. The van der Waals surface area contributed by atoms with Crippen LogP contribution in [0.25, 0.3) is 0 Å². The monoisotopic (exact) mass is 415 g/mol. The molecule has 3 rings (SSSR count). The van der Waals surface area contributed by atoms with E-state index >= 15 is 0 Å². The zero-order chi connectivity index (χ0) is 21.9. The Morgan fingerprint density at radius 2 is 1.73 bits per heavy atom. The van der Waals surface area contributed by atoms with Gasteiger partial charge in [-0.3, -0.25) is 19.3 Å². The van der Waals surface area contributed by atoms with Gasteiger partial charge >= 0.3 is 6.03 Å². The molecule has 0 aliphatic carbocycles. The van der Waals surface area contributed by atoms with Gasteiger partial charge in [-0.25, -0.2) is 4.79 Å². The smallest absolute Gasteiger partial charge is 0.325 e. The Hall–Kier alpha value is -3.10. The van der Waals surface area contributed by atoms with Crippen molar-refractivity contribution in [1.82, 2.24) is 10.2 Å². The summed E-state index contributed by atoms with van der Waals surface area (Å²) in [6.07, 6.45) is 2.42. The summed E-state index contributed by atoms with van der Waals surface area (Å²) in [7, 11) is 0. The number of nitrogens with two attached hydrogens (primary N) is 1. The number of anilines is 2. The summed E-state index contributed by atoms with van der Waals surface area (Å²) in [5.74, 6) is -1.10. The predicted octanol–water partition coefficient (Wildman–Crippen LogP) is 1.44. The number of carbonyl (C=O) groups excluding carboxylic acids is 4. The average molecular weight is 415 g/mol. The second-order valence-corrected chi connectivity index (χ2v) is 7.87. The zero-order valence-electron chi connectivity index (χ0n) is 17.4. The third kappa shape index (κ3) is 4.24. The molecule has 2 fully saturated rings. The topological polar surface area (TPSA) is 125 Å². The van der Waals surface area contributed by atoms with Gasteiger partial charge in [-0.1, -0.05) is 13.8 Å². The largest absolute Gasteiger partial charge is 0.371 e. The molecule has 0 spiro atoms. The molecule has 2 aliphatic heterocycles. The van der Waals surface area contributed by atoms with Crippen LogP contribution in [-0.4, -0.2) is 53.8 Å². The fourth-order valence-electron chi connectivity index (χ4n) is 4.07. The summed E-state index contributed by atoms with van der Waals surface area (Å²) in [6, 6.07) is 6.82. The van der Waals surface area contributed by atoms with Crippen LogP contribution in [0.2, 0.25) is 0 Å². The Kier molecular flexibility index (Phi) is 6.28. The fraction of sp³-hybridized carbons (Fsp3) is 0.524. The van der Waals surface area contributed by atoms with Gasteiger partial charge in [0.15, 0.2) is 0 Å². The Morgan fingerprint density at radius 3 is 2.23 bits per heavy atom. The van der Waals surface area contributed by atoms with E-state index in [0.29, 0.717) is 18.5 Å². The summed E-state index contributed by atoms with van der Waals surface area (Å²) in [6.45, 7) is 4.85. The first-order chi connectivity index (χ1) is 14.3. The van der Waals surface area contributed by atoms with Crippen molar-refractivity contribution in [2.75, 3.05) is 29.9 Å². The highest BCUT2D eigenvalue weighted by Gasteiger charge is 2.49. The number of nitrogens with zero attached hydrogens (tertiary/aromatic N) is 2. The molecule has 0 radical (unpaired) electrons. The standard InChI is InChI=1S/C21H29N5O4/c1-3-21(4-2)19(29)26(20(30)24-21)13-17(27)23-15-5-7-16(8-6-15)25-11-9-14(10-12-25)18(22)28/h5-8,14H,3-4,9-13H2,1-2H3,(H2,22,28)(H,23,27)(H,24,30). The molecule has 9 nitrogen and oxygen atoms in total. The quantitative estimate of drug-likeness (QED) is 0.581. The summed E-state index contributed by atoms with van der Waals surface area (Å²) in [5, 5.41) is 5.45. The predicted molar refractivity (Wildman–Crippen MR) is 113 cm³/mol. The van der Waals surface area contributed by atoms with E-state index in [1.54, 1.807) is 12.1 Å². The van der Waals surface area contributed by atoms with Gasteiger partial charge < -0.3 is 21.3 Å². The highest BCUT2D eigenvalue weighted by atomic mass is 16.2. The van der Waals surface area contributed by atoms with Crippen molar-refractivity contribution < 1.29 is 19.2 Å². The first-order valence-electron chi connectivity index (χ1n) is 10.4. The lowest BCUT2D eigenvalue weighted by molar-refractivity contribution is -0.134. The minimum atomic E-state index is -0.916. The van der Waals surface area contributed by atoms with Crippen LogP contribution in [-0.2, 0) is 14.4 Å². The van der Waals surface area contributed by atoms with E-state index < -0.39 is 17.5 Å². The lowest BCUT2D eigenvalue weighted by Crippen LogP contribution is -2.46. The van der Waals surface area contributed by atoms with Crippen molar-refractivity contribution in [3.05, 3.63) is 24.3 Å². The van der Waals surface area contributed by atoms with Crippen LogP contribution in [0.1, 0.15) is 39.5 Å². The molecule has 0 aromatic heterocycles. The minimum absolute atomic E-state index is 0.0653. The highest BCUT2D eigenvalue weighted by Crippen LogP contribution is 2.26. The number of rotatable bonds is 7. The maximum absolute atomic E-state index is 12.6. The number of carbonyl (C=O) groups is 4. The van der Waals surface area contributed by atoms with Crippen molar-refractivity contribution in [3.8, 4) is 0 Å². The van der Waals surface area contributed by atoms with Crippen molar-refractivity contribution in [2.24, 2.45) is 11.7 Å². The first-order valence-corrected chi connectivity index (χ1v) is 10.4. The molecule has 4 N–H and O–H groups in total. The van der Waals surface area contributed by atoms with Gasteiger partial charge in [-0.15, -0.1) is 0 Å². The van der Waals surface area contributed by atoms with Crippen LogP contribution < -0.4 is 21.3 Å². The number of imide groups is 1. The number of piperidine rings is 1. The number of hydrogen-bond acceptors (Lipinski definition) is 5. The fourth-order valence-corrected chi connectivity index (χ4v) is 4.07. The maximum Gasteiger partial charge on any atom is 0.325 e. The molecule has 162 valence electrons. The van der Waals surface area contributed by atoms with Crippen LogP contribution in [0, 0.1) is 5.92 Å². The maximum atomic E-state index is 12.6. The number of hydrogen-bond donors (Lipinski definition) is 3. The lowest BCUT2D eigenvalue weighted by atomic mass is 9.93. The molecule has 9 heteroatoms. The molecule has 2 aliphatic rings. The number of urea groups is 1. The number of benzene rings is 1. The van der Waals surface area contributed by atoms with Crippen LogP contribution >= 0.6 is 0 Å². The second kappa shape index (κ2) is 8.73. The summed E-state index contributed by atoms with van der Waals surface area (Å²) >= 11 is 0. The molecule has 0 saturated carbocycles. The molecule has 5 amide bonds. The Labute approximate surface area is 175 Å². The van der Waals surface area contributed by atoms with E-state index in [9.17, 15) is 19.2 Å². The average Bonchev–Trinajstić information content (AvgIpc) is 2.99. The normalized spacial score (nSPS) is 19.0. The molecular formula is C21H29N5O4. The zero-order valence-corrected chi connectivity index (χ0v) is 17.4. The van der Waals surface area contributed by atoms with Crippen molar-refractivity contribution >= 4 is 35.1 Å². The Balaban J connectivity index is 1.56. The van der Waals surface area contributed by atoms with Crippen molar-refractivity contribution in [2.45, 2.75) is 45.1 Å². The number of primary amides is 1. The SMILES string of the molecule is CCC1(CC)NC(=O)N(CC(=O)Nc2ccc(N3CCC(C(N)=O)CC3)cc2)C1=O. The summed E-state index contributed by atoms with van der Waals surface area (Å²) in [4.78, 5) is 51.6. The molecule has 0 atom stereocenters. The van der Waals surface area contributed by atoms with Gasteiger partial charge in [0, 0.05) is 30.4 Å². The Morgan fingerprint density at radius 1 is 1.13 bits per heavy atom. The third-order valence-electron chi connectivity index (χ3n) is 6.17. The van der Waals surface area contributed by atoms with E-state index in [1.165, 1.54) is 0 Å². The van der Waals surface area contributed by atoms with Gasteiger partial charge in [-0.05, 0) is 49.9 Å². The van der Waals surface area contributed by atoms with E-state index in [0.717, 1.165) is 36.5 Å². The van der Waals surface area contributed by atoms with Crippen LogP contribution in [0.15, 0.2) is 24.3 Å². The van der Waals surface area contributed by atoms with Crippen LogP contribution in [0.3, 0.4) is 0 Å². The van der Waals surface area contributed by atoms with E-state index in [-0.39, 0.29) is 24.3 Å². The first kappa shape index (κ1) is 21.6. The van der Waals surface area contributed by atoms with Gasteiger partial charge in [0.2, 0.25) is 11.8 Å². The van der Waals surface area contributed by atoms with E-state index in [4.69, 9.17) is 5.73 Å². The second-order valence-electron chi connectivity index (χ2n) is 7.87. The van der Waals surface area contributed by atoms with Gasteiger partial charge in [0.05, 0.1) is 0 Å². The Bertz CT molecular complexity index is 826. The molecular weight excluding hydrogens is 386 g/mol. The van der Waals surface area contributed by atoms with Gasteiger partial charge in [0.25, 0.3) is 5.91 Å². The van der Waals surface area contributed by atoms with Gasteiger partial charge in [-0.2, -0.15) is 0 Å². The van der Waals surface area contributed by atoms with Crippen molar-refractivity contribution in [3.63, 3.8) is 0 Å². The van der Waals surface area contributed by atoms with Crippen LogP contribution in [0.4, 0.5) is 16.2 Å². The van der Waals surface area contributed by atoms with Crippen LogP contribution in [0.5, 0.6) is 0 Å². The molecule has 30 heavy (non-hydrogen) atoms. The molecule has 2 saturated heterocycles.